The maximum atomic E-state index is 12.7. The van der Waals surface area contributed by atoms with Gasteiger partial charge in [-0.05, 0) is 19.9 Å². The summed E-state index contributed by atoms with van der Waals surface area (Å²) in [6.07, 6.45) is 0. The van der Waals surface area contributed by atoms with Crippen LogP contribution >= 0.6 is 11.3 Å². The predicted octanol–water partition coefficient (Wildman–Crippen LogP) is 3.55. The van der Waals surface area contributed by atoms with E-state index in [1.165, 1.54) is 11.3 Å². The van der Waals surface area contributed by atoms with Crippen molar-refractivity contribution in [1.82, 2.24) is 20.1 Å². The van der Waals surface area contributed by atoms with Crippen molar-refractivity contribution in [2.24, 2.45) is 0 Å². The lowest BCUT2D eigenvalue weighted by Crippen LogP contribution is -2.26. The molecule has 1 aromatic carbocycles. The molecule has 0 spiro atoms. The Balaban J connectivity index is 1.71. The Morgan fingerprint density at radius 1 is 1.32 bits per heavy atom. The number of hydrogen-bond acceptors (Lipinski definition) is 5. The zero-order chi connectivity index (χ0) is 17.8. The summed E-state index contributed by atoms with van der Waals surface area (Å²) in [5.74, 6) is -0.0324. The summed E-state index contributed by atoms with van der Waals surface area (Å²) >= 11 is 1.39. The number of H-pyrrole nitrogens is 1. The molecule has 3 rings (SSSR count). The van der Waals surface area contributed by atoms with Crippen LogP contribution in [0.25, 0.3) is 11.3 Å². The fourth-order valence-corrected chi connectivity index (χ4v) is 3.55. The van der Waals surface area contributed by atoms with Gasteiger partial charge in [0, 0.05) is 19.2 Å². The second kappa shape index (κ2) is 7.48. The number of thiazole rings is 1. The molecule has 0 aliphatic rings. The van der Waals surface area contributed by atoms with Gasteiger partial charge in [0.2, 0.25) is 0 Å². The molecule has 2 heterocycles. The van der Waals surface area contributed by atoms with E-state index in [0.29, 0.717) is 11.4 Å². The molecule has 7 heteroatoms. The Kier molecular flexibility index (Phi) is 5.14. The van der Waals surface area contributed by atoms with E-state index < -0.39 is 0 Å². The molecule has 0 aliphatic heterocycles. The molecule has 6 nitrogen and oxygen atoms in total. The van der Waals surface area contributed by atoms with Crippen LogP contribution in [-0.2, 0) is 6.54 Å². The van der Waals surface area contributed by atoms with Gasteiger partial charge >= 0.3 is 0 Å². The molecule has 2 N–H and O–H groups in total. The van der Waals surface area contributed by atoms with Crippen LogP contribution in [0.2, 0.25) is 0 Å². The minimum atomic E-state index is -0.0324. The van der Waals surface area contributed by atoms with Gasteiger partial charge in [-0.15, -0.1) is 0 Å². The largest absolute Gasteiger partial charge is 0.362 e. The van der Waals surface area contributed by atoms with Gasteiger partial charge in [-0.2, -0.15) is 5.10 Å². The SMILES string of the molecule is CCNc1nc(C)c(C(=O)N(C)Cc2cc(-c3ccccc3)n[nH]2)s1. The molecule has 0 atom stereocenters. The van der Waals surface area contributed by atoms with Crippen LogP contribution < -0.4 is 5.32 Å². The van der Waals surface area contributed by atoms with Crippen molar-refractivity contribution in [3.05, 3.63) is 52.7 Å². The molecule has 130 valence electrons. The number of anilines is 1. The van der Waals surface area contributed by atoms with Gasteiger partial charge in [-0.25, -0.2) is 4.98 Å². The lowest BCUT2D eigenvalue weighted by molar-refractivity contribution is 0.0787. The molecular weight excluding hydrogens is 334 g/mol. The minimum Gasteiger partial charge on any atom is -0.362 e. The van der Waals surface area contributed by atoms with E-state index in [2.05, 4.69) is 20.5 Å². The van der Waals surface area contributed by atoms with Crippen molar-refractivity contribution in [2.45, 2.75) is 20.4 Å². The zero-order valence-corrected chi connectivity index (χ0v) is 15.4. The number of aryl methyl sites for hydroxylation is 1. The number of nitrogens with zero attached hydrogens (tertiary/aromatic N) is 3. The molecule has 3 aromatic rings. The molecule has 0 fully saturated rings. The van der Waals surface area contributed by atoms with Crippen molar-refractivity contribution in [3.8, 4) is 11.3 Å². The maximum Gasteiger partial charge on any atom is 0.266 e. The number of aromatic amines is 1. The third-order valence-corrected chi connectivity index (χ3v) is 4.88. The second-order valence-electron chi connectivity index (χ2n) is 5.77. The van der Waals surface area contributed by atoms with E-state index in [1.807, 2.05) is 50.2 Å². The molecule has 0 aliphatic carbocycles. The highest BCUT2D eigenvalue weighted by Gasteiger charge is 2.19. The van der Waals surface area contributed by atoms with Crippen LogP contribution in [-0.4, -0.2) is 39.6 Å². The molecule has 0 saturated carbocycles. The third-order valence-electron chi connectivity index (χ3n) is 3.77. The first kappa shape index (κ1) is 17.2. The first-order chi connectivity index (χ1) is 12.1. The Labute approximate surface area is 150 Å². The third kappa shape index (κ3) is 3.88. The van der Waals surface area contributed by atoms with Crippen LogP contribution in [0, 0.1) is 6.92 Å². The van der Waals surface area contributed by atoms with Gasteiger partial charge in [0.05, 0.1) is 23.6 Å². The number of hydrogen-bond donors (Lipinski definition) is 2. The highest BCUT2D eigenvalue weighted by molar-refractivity contribution is 7.17. The topological polar surface area (TPSA) is 73.9 Å². The average Bonchev–Trinajstić information content (AvgIpc) is 3.22. The Hall–Kier alpha value is -2.67. The zero-order valence-electron chi connectivity index (χ0n) is 14.5. The summed E-state index contributed by atoms with van der Waals surface area (Å²) in [6.45, 7) is 5.12. The molecule has 1 amide bonds. The fourth-order valence-electron chi connectivity index (χ4n) is 2.52. The van der Waals surface area contributed by atoms with E-state index in [0.717, 1.165) is 34.3 Å². The van der Waals surface area contributed by atoms with Gasteiger partial charge in [0.15, 0.2) is 5.13 Å². The molecule has 0 saturated heterocycles. The molecule has 0 bridgehead atoms. The van der Waals surface area contributed by atoms with Crippen molar-refractivity contribution < 1.29 is 4.79 Å². The van der Waals surface area contributed by atoms with Crippen LogP contribution in [0.1, 0.15) is 28.0 Å². The summed E-state index contributed by atoms with van der Waals surface area (Å²) in [6, 6.07) is 11.9. The maximum absolute atomic E-state index is 12.7. The van der Waals surface area contributed by atoms with E-state index >= 15 is 0 Å². The summed E-state index contributed by atoms with van der Waals surface area (Å²) in [7, 11) is 1.79. The Bertz CT molecular complexity index is 855. The van der Waals surface area contributed by atoms with Crippen molar-refractivity contribution in [1.29, 1.82) is 0 Å². The fraction of sp³-hybridized carbons (Fsp3) is 0.278. The van der Waals surface area contributed by atoms with Crippen LogP contribution in [0.5, 0.6) is 0 Å². The van der Waals surface area contributed by atoms with E-state index in [-0.39, 0.29) is 5.91 Å². The van der Waals surface area contributed by atoms with Crippen molar-refractivity contribution >= 4 is 22.4 Å². The predicted molar refractivity (Wildman–Crippen MR) is 101 cm³/mol. The summed E-state index contributed by atoms with van der Waals surface area (Å²) in [5.41, 5.74) is 3.57. The average molecular weight is 355 g/mol. The Morgan fingerprint density at radius 2 is 2.08 bits per heavy atom. The van der Waals surface area contributed by atoms with Gasteiger partial charge in [-0.1, -0.05) is 41.7 Å². The summed E-state index contributed by atoms with van der Waals surface area (Å²) in [5, 5.41) is 11.3. The first-order valence-corrected chi connectivity index (χ1v) is 8.96. The molecule has 0 radical (unpaired) electrons. The number of carbonyl (C=O) groups is 1. The second-order valence-corrected chi connectivity index (χ2v) is 6.77. The number of amides is 1. The lowest BCUT2D eigenvalue weighted by atomic mass is 10.1. The number of aromatic nitrogens is 3. The van der Waals surface area contributed by atoms with E-state index in [9.17, 15) is 4.79 Å². The highest BCUT2D eigenvalue weighted by atomic mass is 32.1. The minimum absolute atomic E-state index is 0.0324. The van der Waals surface area contributed by atoms with Crippen LogP contribution in [0.4, 0.5) is 5.13 Å². The van der Waals surface area contributed by atoms with Gasteiger partial charge in [-0.3, -0.25) is 9.89 Å². The monoisotopic (exact) mass is 355 g/mol. The molecule has 0 unspecified atom stereocenters. The van der Waals surface area contributed by atoms with Crippen molar-refractivity contribution in [2.75, 3.05) is 18.9 Å². The van der Waals surface area contributed by atoms with Gasteiger partial charge in [0.1, 0.15) is 4.88 Å². The number of carbonyl (C=O) groups excluding carboxylic acids is 1. The lowest BCUT2D eigenvalue weighted by Gasteiger charge is -2.15. The van der Waals surface area contributed by atoms with Gasteiger partial charge < -0.3 is 10.2 Å². The summed E-state index contributed by atoms with van der Waals surface area (Å²) in [4.78, 5) is 19.4. The van der Waals surface area contributed by atoms with Gasteiger partial charge in [0.25, 0.3) is 5.91 Å². The number of rotatable bonds is 6. The van der Waals surface area contributed by atoms with Crippen LogP contribution in [0.15, 0.2) is 36.4 Å². The molecular formula is C18H21N5OS. The standard InChI is InChI=1S/C18H21N5OS/c1-4-19-18-20-12(2)16(25-18)17(24)23(3)11-14-10-15(22-21-14)13-8-6-5-7-9-13/h5-10H,4,11H2,1-3H3,(H,19,20)(H,21,22). The highest BCUT2D eigenvalue weighted by Crippen LogP contribution is 2.24. The first-order valence-electron chi connectivity index (χ1n) is 8.15. The molecule has 25 heavy (non-hydrogen) atoms. The quantitative estimate of drug-likeness (QED) is 0.709. The Morgan fingerprint density at radius 3 is 2.80 bits per heavy atom. The summed E-state index contributed by atoms with van der Waals surface area (Å²) < 4.78 is 0. The van der Waals surface area contributed by atoms with E-state index in [4.69, 9.17) is 0 Å². The normalized spacial score (nSPS) is 10.7. The molecule has 2 aromatic heterocycles. The number of nitrogens with one attached hydrogen (secondary N) is 2. The van der Waals surface area contributed by atoms with Crippen LogP contribution in [0.3, 0.4) is 0 Å². The smallest absolute Gasteiger partial charge is 0.266 e. The van der Waals surface area contributed by atoms with E-state index in [1.54, 1.807) is 11.9 Å². The van der Waals surface area contributed by atoms with Crippen molar-refractivity contribution in [3.63, 3.8) is 0 Å². The number of benzene rings is 1.